The molecule has 0 atom stereocenters. The fourth-order valence-electron chi connectivity index (χ4n) is 1.86. The Bertz CT molecular complexity index is 581. The molecule has 0 amide bonds. The van der Waals surface area contributed by atoms with Crippen molar-refractivity contribution in [3.8, 4) is 5.75 Å². The highest BCUT2D eigenvalue weighted by molar-refractivity contribution is 5.73. The Morgan fingerprint density at radius 3 is 2.95 bits per heavy atom. The number of aldehydes is 1. The van der Waals surface area contributed by atoms with Crippen LogP contribution in [0, 0.1) is 6.92 Å². The van der Waals surface area contributed by atoms with Crippen molar-refractivity contribution in [2.75, 3.05) is 13.7 Å². The summed E-state index contributed by atoms with van der Waals surface area (Å²) >= 11 is 0. The number of hydrogen-bond acceptors (Lipinski definition) is 5. The summed E-state index contributed by atoms with van der Waals surface area (Å²) < 4.78 is 12.3. The summed E-state index contributed by atoms with van der Waals surface area (Å²) in [7, 11) is 1.56. The van der Waals surface area contributed by atoms with Crippen LogP contribution in [-0.2, 0) is 17.9 Å². The number of hydrogen-bond donors (Lipinski definition) is 0. The smallest absolute Gasteiger partial charge is 0.172 e. The molecule has 20 heavy (non-hydrogen) atoms. The minimum atomic E-state index is 0.297. The molecule has 6 nitrogen and oxygen atoms in total. The number of ether oxygens (including phenoxy) is 2. The van der Waals surface area contributed by atoms with Gasteiger partial charge in [-0.05, 0) is 24.6 Å². The summed E-state index contributed by atoms with van der Waals surface area (Å²) in [4.78, 5) is 10.8. The highest BCUT2D eigenvalue weighted by Gasteiger charge is 2.11. The molecule has 1 aromatic heterocycles. The maximum Gasteiger partial charge on any atom is 0.172 e. The number of carbonyl (C=O) groups excluding carboxylic acids is 1. The monoisotopic (exact) mass is 275 g/mol. The summed E-state index contributed by atoms with van der Waals surface area (Å²) in [6, 6.07) is 7.83. The van der Waals surface area contributed by atoms with Gasteiger partial charge >= 0.3 is 0 Å². The summed E-state index contributed by atoms with van der Waals surface area (Å²) in [5.41, 5.74) is 2.12. The van der Waals surface area contributed by atoms with E-state index in [0.717, 1.165) is 11.3 Å². The predicted molar refractivity (Wildman–Crippen MR) is 72.8 cm³/mol. The fraction of sp³-hybridized carbons (Fsp3) is 0.357. The minimum absolute atomic E-state index is 0.297. The van der Waals surface area contributed by atoms with Gasteiger partial charge in [0.2, 0.25) is 0 Å². The maximum atomic E-state index is 10.8. The molecule has 0 aliphatic heterocycles. The van der Waals surface area contributed by atoms with E-state index in [9.17, 15) is 4.79 Å². The average Bonchev–Trinajstić information content (AvgIpc) is 2.82. The van der Waals surface area contributed by atoms with Gasteiger partial charge in [0.1, 0.15) is 12.4 Å². The van der Waals surface area contributed by atoms with Crippen molar-refractivity contribution in [3.63, 3.8) is 0 Å². The van der Waals surface area contributed by atoms with Crippen LogP contribution in [0.15, 0.2) is 24.3 Å². The molecule has 0 aliphatic carbocycles. The number of aromatic nitrogens is 3. The number of benzene rings is 1. The topological polar surface area (TPSA) is 66.2 Å². The van der Waals surface area contributed by atoms with Crippen LogP contribution < -0.4 is 4.74 Å². The van der Waals surface area contributed by atoms with Gasteiger partial charge in [-0.2, -0.15) is 0 Å². The second-order valence-corrected chi connectivity index (χ2v) is 4.36. The largest absolute Gasteiger partial charge is 0.492 e. The van der Waals surface area contributed by atoms with E-state index >= 15 is 0 Å². The Balaban J connectivity index is 1.97. The van der Waals surface area contributed by atoms with Crippen LogP contribution in [0.2, 0.25) is 0 Å². The molecule has 0 radical (unpaired) electrons. The van der Waals surface area contributed by atoms with E-state index in [1.807, 2.05) is 31.2 Å². The normalized spacial score (nSPS) is 10.5. The number of carbonyl (C=O) groups is 1. The van der Waals surface area contributed by atoms with E-state index in [1.165, 1.54) is 0 Å². The molecule has 106 valence electrons. The molecule has 0 spiro atoms. The first kappa shape index (κ1) is 14.2. The van der Waals surface area contributed by atoms with E-state index in [1.54, 1.807) is 11.8 Å². The van der Waals surface area contributed by atoms with Gasteiger partial charge in [0.25, 0.3) is 0 Å². The molecule has 0 N–H and O–H groups in total. The van der Waals surface area contributed by atoms with Gasteiger partial charge in [-0.15, -0.1) is 5.10 Å². The quantitative estimate of drug-likeness (QED) is 0.718. The van der Waals surface area contributed by atoms with Crippen LogP contribution in [0.25, 0.3) is 0 Å². The van der Waals surface area contributed by atoms with Crippen molar-refractivity contribution in [1.29, 1.82) is 0 Å². The molecule has 0 unspecified atom stereocenters. The zero-order chi connectivity index (χ0) is 14.4. The average molecular weight is 275 g/mol. The lowest BCUT2D eigenvalue weighted by atomic mass is 10.2. The highest BCUT2D eigenvalue weighted by Crippen LogP contribution is 2.12. The van der Waals surface area contributed by atoms with E-state index in [0.29, 0.717) is 37.4 Å². The Morgan fingerprint density at radius 1 is 1.40 bits per heavy atom. The lowest BCUT2D eigenvalue weighted by molar-refractivity contribution is 0.111. The molecule has 0 saturated heterocycles. The van der Waals surface area contributed by atoms with Gasteiger partial charge in [0.05, 0.1) is 18.8 Å². The van der Waals surface area contributed by atoms with Gasteiger partial charge in [-0.3, -0.25) is 4.79 Å². The van der Waals surface area contributed by atoms with E-state index < -0.39 is 0 Å². The fourth-order valence-corrected chi connectivity index (χ4v) is 1.86. The lowest BCUT2D eigenvalue weighted by Gasteiger charge is -2.08. The van der Waals surface area contributed by atoms with Gasteiger partial charge in [0.15, 0.2) is 12.0 Å². The SMILES string of the molecule is COCc1c(C=O)nnn1CCOc1cccc(C)c1. The third-order valence-electron chi connectivity index (χ3n) is 2.82. The summed E-state index contributed by atoms with van der Waals surface area (Å²) in [5, 5.41) is 7.73. The zero-order valence-electron chi connectivity index (χ0n) is 11.6. The summed E-state index contributed by atoms with van der Waals surface area (Å²) in [6.07, 6.45) is 0.680. The predicted octanol–water partition coefficient (Wildman–Crippen LogP) is 1.62. The van der Waals surface area contributed by atoms with Crippen LogP contribution in [-0.4, -0.2) is 35.0 Å². The van der Waals surface area contributed by atoms with Crippen LogP contribution in [0.4, 0.5) is 0 Å². The van der Waals surface area contributed by atoms with Crippen molar-refractivity contribution < 1.29 is 14.3 Å². The van der Waals surface area contributed by atoms with E-state index in [-0.39, 0.29) is 0 Å². The Morgan fingerprint density at radius 2 is 2.25 bits per heavy atom. The van der Waals surface area contributed by atoms with Gasteiger partial charge < -0.3 is 9.47 Å². The van der Waals surface area contributed by atoms with Crippen LogP contribution >= 0.6 is 0 Å². The van der Waals surface area contributed by atoms with Gasteiger partial charge in [-0.25, -0.2) is 4.68 Å². The van der Waals surface area contributed by atoms with Crippen LogP contribution in [0.1, 0.15) is 21.7 Å². The molecule has 0 bridgehead atoms. The zero-order valence-corrected chi connectivity index (χ0v) is 11.6. The van der Waals surface area contributed by atoms with Gasteiger partial charge in [0, 0.05) is 7.11 Å². The van der Waals surface area contributed by atoms with E-state index in [2.05, 4.69) is 10.3 Å². The van der Waals surface area contributed by atoms with Crippen LogP contribution in [0.3, 0.4) is 0 Å². The van der Waals surface area contributed by atoms with Gasteiger partial charge in [-0.1, -0.05) is 17.3 Å². The third kappa shape index (κ3) is 3.42. The van der Waals surface area contributed by atoms with Crippen molar-refractivity contribution in [3.05, 3.63) is 41.2 Å². The lowest BCUT2D eigenvalue weighted by Crippen LogP contribution is -2.13. The Kier molecular flexibility index (Phi) is 4.84. The number of nitrogens with zero attached hydrogens (tertiary/aromatic N) is 3. The third-order valence-corrected chi connectivity index (χ3v) is 2.82. The second kappa shape index (κ2) is 6.81. The second-order valence-electron chi connectivity index (χ2n) is 4.36. The maximum absolute atomic E-state index is 10.8. The summed E-state index contributed by atoms with van der Waals surface area (Å²) in [5.74, 6) is 0.814. The molecule has 2 aromatic rings. The first-order valence-electron chi connectivity index (χ1n) is 6.30. The number of rotatable bonds is 7. The van der Waals surface area contributed by atoms with Crippen LogP contribution in [0.5, 0.6) is 5.75 Å². The molecular weight excluding hydrogens is 258 g/mol. The summed E-state index contributed by atoms with van der Waals surface area (Å²) in [6.45, 7) is 3.26. The Hall–Kier alpha value is -2.21. The van der Waals surface area contributed by atoms with Crippen molar-refractivity contribution in [1.82, 2.24) is 15.0 Å². The van der Waals surface area contributed by atoms with Crippen molar-refractivity contribution in [2.24, 2.45) is 0 Å². The number of aryl methyl sites for hydroxylation is 1. The molecule has 1 heterocycles. The molecule has 6 heteroatoms. The molecule has 0 aliphatic rings. The first-order chi connectivity index (χ1) is 9.74. The standard InChI is InChI=1S/C14H17N3O3/c1-11-4-3-5-12(8-11)20-7-6-17-14(10-19-2)13(9-18)15-16-17/h3-5,8-9H,6-7,10H2,1-2H3. The molecule has 0 fully saturated rings. The van der Waals surface area contributed by atoms with E-state index in [4.69, 9.17) is 9.47 Å². The molecule has 1 aromatic carbocycles. The Labute approximate surface area is 117 Å². The first-order valence-corrected chi connectivity index (χ1v) is 6.30. The number of methoxy groups -OCH3 is 1. The van der Waals surface area contributed by atoms with Crippen molar-refractivity contribution >= 4 is 6.29 Å². The van der Waals surface area contributed by atoms with Crippen molar-refractivity contribution in [2.45, 2.75) is 20.1 Å². The molecule has 0 saturated carbocycles. The highest BCUT2D eigenvalue weighted by atomic mass is 16.5. The molecule has 2 rings (SSSR count). The molecular formula is C14H17N3O3. The minimum Gasteiger partial charge on any atom is -0.492 e.